The minimum absolute atomic E-state index is 0.122. The lowest BCUT2D eigenvalue weighted by Crippen LogP contribution is -2.25. The number of hydrogen-bond donors (Lipinski definition) is 3. The van der Waals surface area contributed by atoms with Crippen molar-refractivity contribution in [2.45, 2.75) is 44.8 Å². The first-order valence-electron chi connectivity index (χ1n) is 7.00. The van der Waals surface area contributed by atoms with Crippen LogP contribution in [0.3, 0.4) is 0 Å². The lowest BCUT2D eigenvalue weighted by Gasteiger charge is -2.26. The molecule has 2 rings (SSSR count). The second-order valence-corrected chi connectivity index (χ2v) is 5.16. The van der Waals surface area contributed by atoms with Gasteiger partial charge in [-0.15, -0.1) is 0 Å². The molecule has 0 saturated carbocycles. The SMILES string of the molecule is CCC(CC)Nc1ccc2c(c1)C(C(F)(F)F)C=C(O)N2. The molecule has 1 aliphatic rings. The predicted octanol–water partition coefficient (Wildman–Crippen LogP) is 4.76. The normalized spacial score (nSPS) is 18.0. The van der Waals surface area contributed by atoms with E-state index in [2.05, 4.69) is 10.6 Å². The van der Waals surface area contributed by atoms with Gasteiger partial charge < -0.3 is 15.7 Å². The third-order valence-electron chi connectivity index (χ3n) is 3.68. The molecule has 0 radical (unpaired) electrons. The molecule has 3 nitrogen and oxygen atoms in total. The summed E-state index contributed by atoms with van der Waals surface area (Å²) < 4.78 is 39.3. The van der Waals surface area contributed by atoms with Gasteiger partial charge in [-0.05, 0) is 42.7 Å². The van der Waals surface area contributed by atoms with Crippen LogP contribution in [0.4, 0.5) is 24.5 Å². The van der Waals surface area contributed by atoms with Gasteiger partial charge in [0, 0.05) is 17.4 Å². The molecule has 0 saturated heterocycles. The van der Waals surface area contributed by atoms with Gasteiger partial charge in [-0.2, -0.15) is 13.2 Å². The fourth-order valence-corrected chi connectivity index (χ4v) is 2.45. The van der Waals surface area contributed by atoms with Gasteiger partial charge >= 0.3 is 6.18 Å². The Morgan fingerprint density at radius 1 is 1.29 bits per heavy atom. The van der Waals surface area contributed by atoms with Crippen LogP contribution in [0, 0.1) is 0 Å². The minimum atomic E-state index is -4.43. The molecule has 0 aliphatic carbocycles. The highest BCUT2D eigenvalue weighted by Gasteiger charge is 2.42. The lowest BCUT2D eigenvalue weighted by molar-refractivity contribution is -0.140. The smallest absolute Gasteiger partial charge is 0.399 e. The number of halogens is 3. The highest BCUT2D eigenvalue weighted by Crippen LogP contribution is 2.43. The van der Waals surface area contributed by atoms with Crippen LogP contribution in [-0.2, 0) is 0 Å². The summed E-state index contributed by atoms with van der Waals surface area (Å²) in [7, 11) is 0. The molecule has 0 amide bonds. The number of fused-ring (bicyclic) bond motifs is 1. The van der Waals surface area contributed by atoms with Gasteiger partial charge in [0.1, 0.15) is 5.92 Å². The van der Waals surface area contributed by atoms with Crippen molar-refractivity contribution in [3.8, 4) is 0 Å². The summed E-state index contributed by atoms with van der Waals surface area (Å²) in [6, 6.07) is 5.01. The zero-order valence-corrected chi connectivity index (χ0v) is 12.0. The Kier molecular flexibility index (Phi) is 4.34. The maximum atomic E-state index is 13.1. The summed E-state index contributed by atoms with van der Waals surface area (Å²) in [4.78, 5) is 0. The first-order chi connectivity index (χ1) is 9.85. The molecule has 0 spiro atoms. The van der Waals surface area contributed by atoms with Crippen LogP contribution in [0.2, 0.25) is 0 Å². The topological polar surface area (TPSA) is 44.3 Å². The van der Waals surface area contributed by atoms with E-state index in [9.17, 15) is 18.3 Å². The zero-order valence-electron chi connectivity index (χ0n) is 12.0. The number of benzene rings is 1. The van der Waals surface area contributed by atoms with Crippen molar-refractivity contribution in [2.75, 3.05) is 10.6 Å². The Labute approximate surface area is 121 Å². The van der Waals surface area contributed by atoms with Crippen molar-refractivity contribution in [3.05, 3.63) is 35.7 Å². The Balaban J connectivity index is 2.35. The van der Waals surface area contributed by atoms with Crippen LogP contribution in [0.1, 0.15) is 38.2 Å². The summed E-state index contributed by atoms with van der Waals surface area (Å²) in [5, 5.41) is 15.2. The first kappa shape index (κ1) is 15.5. The second kappa shape index (κ2) is 5.87. The first-order valence-corrected chi connectivity index (χ1v) is 7.00. The van der Waals surface area contributed by atoms with Crippen molar-refractivity contribution < 1.29 is 18.3 Å². The van der Waals surface area contributed by atoms with Crippen LogP contribution in [-0.4, -0.2) is 17.3 Å². The fourth-order valence-electron chi connectivity index (χ4n) is 2.45. The molecule has 116 valence electrons. The number of aliphatic hydroxyl groups is 1. The number of alkyl halides is 3. The van der Waals surface area contributed by atoms with Crippen LogP contribution in [0.15, 0.2) is 30.2 Å². The summed E-state index contributed by atoms with van der Waals surface area (Å²) in [5.74, 6) is -2.26. The van der Waals surface area contributed by atoms with Crippen molar-refractivity contribution in [1.29, 1.82) is 0 Å². The summed E-state index contributed by atoms with van der Waals surface area (Å²) >= 11 is 0. The molecule has 1 atom stereocenters. The highest BCUT2D eigenvalue weighted by molar-refractivity contribution is 5.65. The molecule has 21 heavy (non-hydrogen) atoms. The van der Waals surface area contributed by atoms with Gasteiger partial charge in [0.05, 0.1) is 0 Å². The van der Waals surface area contributed by atoms with Gasteiger partial charge in [0.25, 0.3) is 0 Å². The van der Waals surface area contributed by atoms with Gasteiger partial charge in [-0.3, -0.25) is 0 Å². The molecule has 0 bridgehead atoms. The summed E-state index contributed by atoms with van der Waals surface area (Å²) in [6.07, 6.45) is -1.84. The average Bonchev–Trinajstić information content (AvgIpc) is 2.43. The van der Waals surface area contributed by atoms with E-state index in [0.29, 0.717) is 5.69 Å². The van der Waals surface area contributed by atoms with E-state index in [4.69, 9.17) is 0 Å². The third kappa shape index (κ3) is 3.43. The van der Waals surface area contributed by atoms with Gasteiger partial charge in [0.15, 0.2) is 5.88 Å². The minimum Gasteiger partial charge on any atom is -0.495 e. The van der Waals surface area contributed by atoms with E-state index < -0.39 is 18.0 Å². The number of aliphatic hydroxyl groups excluding tert-OH is 1. The molecule has 1 unspecified atom stereocenters. The summed E-state index contributed by atoms with van der Waals surface area (Å²) in [6.45, 7) is 4.06. The average molecular weight is 300 g/mol. The van der Waals surface area contributed by atoms with Gasteiger partial charge in [-0.1, -0.05) is 13.8 Å². The standard InChI is InChI=1S/C15H19F3N2O/c1-3-9(4-2)19-10-5-6-13-11(7-10)12(15(16,17)18)8-14(21)20-13/h5-9,12,19-21H,3-4H2,1-2H3. The number of rotatable bonds is 4. The number of hydrogen-bond acceptors (Lipinski definition) is 3. The maximum absolute atomic E-state index is 13.1. The van der Waals surface area contributed by atoms with Crippen LogP contribution >= 0.6 is 0 Å². The Morgan fingerprint density at radius 2 is 1.95 bits per heavy atom. The molecular formula is C15H19F3N2O. The molecular weight excluding hydrogens is 281 g/mol. The largest absolute Gasteiger partial charge is 0.495 e. The number of allylic oxidation sites excluding steroid dienone is 1. The molecule has 1 aromatic carbocycles. The van der Waals surface area contributed by atoms with E-state index in [1.54, 1.807) is 12.1 Å². The molecule has 0 fully saturated rings. The van der Waals surface area contributed by atoms with Crippen LogP contribution in [0.25, 0.3) is 0 Å². The highest BCUT2D eigenvalue weighted by atomic mass is 19.4. The maximum Gasteiger partial charge on any atom is 0.399 e. The van der Waals surface area contributed by atoms with Gasteiger partial charge in [0.2, 0.25) is 0 Å². The van der Waals surface area contributed by atoms with E-state index in [-0.39, 0.29) is 17.3 Å². The van der Waals surface area contributed by atoms with E-state index in [1.165, 1.54) is 6.07 Å². The number of anilines is 2. The molecule has 1 aromatic rings. The number of nitrogens with one attached hydrogen (secondary N) is 2. The second-order valence-electron chi connectivity index (χ2n) is 5.16. The van der Waals surface area contributed by atoms with Crippen LogP contribution < -0.4 is 10.6 Å². The Bertz CT molecular complexity index is 536. The van der Waals surface area contributed by atoms with E-state index >= 15 is 0 Å². The predicted molar refractivity (Wildman–Crippen MR) is 77.6 cm³/mol. The molecule has 1 heterocycles. The van der Waals surface area contributed by atoms with Crippen molar-refractivity contribution in [2.24, 2.45) is 0 Å². The molecule has 6 heteroatoms. The monoisotopic (exact) mass is 300 g/mol. The third-order valence-corrected chi connectivity index (χ3v) is 3.68. The van der Waals surface area contributed by atoms with Crippen LogP contribution in [0.5, 0.6) is 0 Å². The van der Waals surface area contributed by atoms with E-state index in [0.717, 1.165) is 18.9 Å². The molecule has 3 N–H and O–H groups in total. The van der Waals surface area contributed by atoms with Crippen molar-refractivity contribution >= 4 is 11.4 Å². The van der Waals surface area contributed by atoms with Crippen molar-refractivity contribution in [3.63, 3.8) is 0 Å². The molecule has 1 aliphatic heterocycles. The Morgan fingerprint density at radius 3 is 2.52 bits per heavy atom. The van der Waals surface area contributed by atoms with E-state index in [1.807, 2.05) is 13.8 Å². The lowest BCUT2D eigenvalue weighted by atomic mass is 9.93. The van der Waals surface area contributed by atoms with Gasteiger partial charge in [-0.25, -0.2) is 0 Å². The fraction of sp³-hybridized carbons (Fsp3) is 0.467. The quantitative estimate of drug-likeness (QED) is 0.751. The Hall–Kier alpha value is -1.85. The zero-order chi connectivity index (χ0) is 15.6. The summed E-state index contributed by atoms with van der Waals surface area (Å²) in [5.41, 5.74) is 1.07. The molecule has 0 aromatic heterocycles. The van der Waals surface area contributed by atoms with Crippen molar-refractivity contribution in [1.82, 2.24) is 0 Å².